The molecule has 2 aliphatic rings. The number of hydrogen-bond donors (Lipinski definition) is 2. The molecule has 28 heavy (non-hydrogen) atoms. The highest BCUT2D eigenvalue weighted by atomic mass is 16.5. The zero-order valence-electron chi connectivity index (χ0n) is 15.7. The number of nitrogens with zero attached hydrogens (tertiary/aromatic N) is 2. The minimum absolute atomic E-state index is 0.106. The molecule has 0 saturated carbocycles. The molecule has 0 radical (unpaired) electrons. The molecule has 1 fully saturated rings. The fourth-order valence-corrected chi connectivity index (χ4v) is 3.53. The highest BCUT2D eigenvalue weighted by Crippen LogP contribution is 2.25. The molecule has 3 amide bonds. The molecule has 1 unspecified atom stereocenters. The van der Waals surface area contributed by atoms with Gasteiger partial charge in [0.2, 0.25) is 0 Å². The van der Waals surface area contributed by atoms with Gasteiger partial charge in [-0.2, -0.15) is 0 Å². The average molecular weight is 380 g/mol. The Bertz CT molecular complexity index is 850. The van der Waals surface area contributed by atoms with Crippen molar-refractivity contribution in [3.05, 3.63) is 59.4 Å². The van der Waals surface area contributed by atoms with Crippen molar-refractivity contribution in [2.45, 2.75) is 31.9 Å². The van der Waals surface area contributed by atoms with E-state index in [9.17, 15) is 9.59 Å². The molecular weight excluding hydrogens is 356 g/mol. The van der Waals surface area contributed by atoms with Gasteiger partial charge in [-0.1, -0.05) is 12.1 Å². The van der Waals surface area contributed by atoms with Crippen molar-refractivity contribution in [3.8, 4) is 0 Å². The molecule has 1 aromatic heterocycles. The van der Waals surface area contributed by atoms with E-state index >= 15 is 0 Å². The maximum Gasteiger partial charge on any atom is 0.322 e. The number of fused-ring (bicyclic) bond motifs is 1. The Kier molecular flexibility index (Phi) is 5.53. The summed E-state index contributed by atoms with van der Waals surface area (Å²) in [6, 6.07) is 11.1. The van der Waals surface area contributed by atoms with Gasteiger partial charge in [0.25, 0.3) is 5.91 Å². The van der Waals surface area contributed by atoms with E-state index in [1.54, 1.807) is 23.2 Å². The molecule has 7 nitrogen and oxygen atoms in total. The van der Waals surface area contributed by atoms with Crippen molar-refractivity contribution in [2.75, 3.05) is 25.0 Å². The van der Waals surface area contributed by atoms with Gasteiger partial charge in [-0.25, -0.2) is 4.79 Å². The number of carbonyl (C=O) groups is 2. The van der Waals surface area contributed by atoms with Gasteiger partial charge in [0.05, 0.1) is 6.10 Å². The lowest BCUT2D eigenvalue weighted by Crippen LogP contribution is -2.40. The molecule has 146 valence electrons. The number of amides is 3. The molecule has 7 heteroatoms. The second-order valence-corrected chi connectivity index (χ2v) is 7.14. The Morgan fingerprint density at radius 2 is 2.25 bits per heavy atom. The molecule has 1 atom stereocenters. The summed E-state index contributed by atoms with van der Waals surface area (Å²) in [4.78, 5) is 30.9. The van der Waals surface area contributed by atoms with Crippen LogP contribution in [0.25, 0.3) is 0 Å². The smallest absolute Gasteiger partial charge is 0.322 e. The van der Waals surface area contributed by atoms with Crippen molar-refractivity contribution in [1.29, 1.82) is 0 Å². The summed E-state index contributed by atoms with van der Waals surface area (Å²) in [6.45, 7) is 2.39. The first-order valence-corrected chi connectivity index (χ1v) is 9.67. The minimum Gasteiger partial charge on any atom is -0.376 e. The number of ether oxygens (including phenoxy) is 1. The van der Waals surface area contributed by atoms with E-state index in [0.717, 1.165) is 30.7 Å². The van der Waals surface area contributed by atoms with Gasteiger partial charge >= 0.3 is 6.03 Å². The molecule has 0 spiro atoms. The van der Waals surface area contributed by atoms with Crippen LogP contribution in [0.2, 0.25) is 0 Å². The number of anilines is 1. The van der Waals surface area contributed by atoms with Gasteiger partial charge in [-0.3, -0.25) is 9.78 Å². The molecule has 0 bridgehead atoms. The van der Waals surface area contributed by atoms with Crippen LogP contribution in [0.15, 0.2) is 42.6 Å². The first kappa shape index (κ1) is 18.4. The van der Waals surface area contributed by atoms with Crippen LogP contribution < -0.4 is 10.6 Å². The summed E-state index contributed by atoms with van der Waals surface area (Å²) in [7, 11) is 0. The number of carbonyl (C=O) groups excluding carboxylic acids is 2. The molecule has 4 rings (SSSR count). The summed E-state index contributed by atoms with van der Waals surface area (Å²) in [5.41, 5.74) is 3.19. The SMILES string of the molecule is O=C(NCC1CCCO1)c1ccc2c(c1)NC(=O)N(CCc1ccccn1)C2. The highest BCUT2D eigenvalue weighted by Gasteiger charge is 2.23. The van der Waals surface area contributed by atoms with Crippen LogP contribution in [0, 0.1) is 0 Å². The van der Waals surface area contributed by atoms with Crippen LogP contribution in [0.4, 0.5) is 10.5 Å². The number of rotatable bonds is 6. The lowest BCUT2D eigenvalue weighted by molar-refractivity contribution is 0.0857. The monoisotopic (exact) mass is 380 g/mol. The molecule has 2 aliphatic heterocycles. The van der Waals surface area contributed by atoms with Gasteiger partial charge in [-0.15, -0.1) is 0 Å². The highest BCUT2D eigenvalue weighted by molar-refractivity contribution is 5.98. The van der Waals surface area contributed by atoms with Gasteiger partial charge < -0.3 is 20.3 Å². The zero-order valence-corrected chi connectivity index (χ0v) is 15.7. The van der Waals surface area contributed by atoms with Gasteiger partial charge in [-0.05, 0) is 42.7 Å². The summed E-state index contributed by atoms with van der Waals surface area (Å²) in [5, 5.41) is 5.81. The van der Waals surface area contributed by atoms with Crippen molar-refractivity contribution < 1.29 is 14.3 Å². The van der Waals surface area contributed by atoms with E-state index in [0.29, 0.717) is 37.3 Å². The molecule has 1 saturated heterocycles. The second kappa shape index (κ2) is 8.39. The standard InChI is InChI=1S/C21H24N4O3/c26-20(23-13-18-5-3-11-28-18)15-6-7-16-14-25(21(27)24-19(16)12-15)10-8-17-4-1-2-9-22-17/h1-2,4,6-7,9,12,18H,3,5,8,10-11,13-14H2,(H,23,26)(H,24,27). The molecule has 3 heterocycles. The first-order chi connectivity index (χ1) is 13.7. The van der Waals surface area contributed by atoms with Gasteiger partial charge in [0.1, 0.15) is 0 Å². The van der Waals surface area contributed by atoms with Crippen LogP contribution in [0.5, 0.6) is 0 Å². The number of benzene rings is 1. The summed E-state index contributed by atoms with van der Waals surface area (Å²) in [6.07, 6.45) is 4.59. The Hall–Kier alpha value is -2.93. The van der Waals surface area contributed by atoms with Crippen molar-refractivity contribution in [2.24, 2.45) is 0 Å². The van der Waals surface area contributed by atoms with E-state index in [2.05, 4.69) is 15.6 Å². The molecule has 1 aromatic carbocycles. The maximum atomic E-state index is 12.4. The molecule has 0 aliphatic carbocycles. The summed E-state index contributed by atoms with van der Waals surface area (Å²) >= 11 is 0. The third-order valence-electron chi connectivity index (χ3n) is 5.14. The van der Waals surface area contributed by atoms with E-state index < -0.39 is 0 Å². The number of aromatic nitrogens is 1. The topological polar surface area (TPSA) is 83.6 Å². The van der Waals surface area contributed by atoms with Crippen molar-refractivity contribution in [3.63, 3.8) is 0 Å². The fraction of sp³-hybridized carbons (Fsp3) is 0.381. The molecule has 2 N–H and O–H groups in total. The number of urea groups is 1. The van der Waals surface area contributed by atoms with Crippen LogP contribution in [0.1, 0.15) is 34.5 Å². The van der Waals surface area contributed by atoms with Crippen LogP contribution in [0.3, 0.4) is 0 Å². The Balaban J connectivity index is 1.36. The van der Waals surface area contributed by atoms with E-state index in [1.165, 1.54) is 0 Å². The molecule has 2 aromatic rings. The number of hydrogen-bond acceptors (Lipinski definition) is 4. The van der Waals surface area contributed by atoms with Gasteiger partial charge in [0, 0.05) is 55.8 Å². The predicted molar refractivity (Wildman–Crippen MR) is 105 cm³/mol. The lowest BCUT2D eigenvalue weighted by Gasteiger charge is -2.29. The van der Waals surface area contributed by atoms with E-state index in [4.69, 9.17) is 4.74 Å². The maximum absolute atomic E-state index is 12.4. The number of nitrogens with one attached hydrogen (secondary N) is 2. The molecular formula is C21H24N4O3. The number of pyridine rings is 1. The predicted octanol–water partition coefficient (Wildman–Crippen LogP) is 2.58. The van der Waals surface area contributed by atoms with Crippen molar-refractivity contribution >= 4 is 17.6 Å². The quantitative estimate of drug-likeness (QED) is 0.807. The largest absolute Gasteiger partial charge is 0.376 e. The minimum atomic E-state index is -0.152. The lowest BCUT2D eigenvalue weighted by atomic mass is 10.1. The van der Waals surface area contributed by atoms with Gasteiger partial charge in [0.15, 0.2) is 0 Å². The summed E-state index contributed by atoms with van der Waals surface area (Å²) in [5.74, 6) is -0.148. The van der Waals surface area contributed by atoms with Crippen LogP contribution in [-0.4, -0.2) is 47.6 Å². The Morgan fingerprint density at radius 3 is 3.04 bits per heavy atom. The summed E-state index contributed by atoms with van der Waals surface area (Å²) < 4.78 is 5.53. The average Bonchev–Trinajstić information content (AvgIpc) is 3.24. The van der Waals surface area contributed by atoms with Crippen LogP contribution in [-0.2, 0) is 17.7 Å². The van der Waals surface area contributed by atoms with E-state index in [-0.39, 0.29) is 18.0 Å². The van der Waals surface area contributed by atoms with E-state index in [1.807, 2.05) is 24.3 Å². The zero-order chi connectivity index (χ0) is 19.3. The van der Waals surface area contributed by atoms with Crippen molar-refractivity contribution in [1.82, 2.24) is 15.2 Å². The third kappa shape index (κ3) is 4.31. The third-order valence-corrected chi connectivity index (χ3v) is 5.14. The second-order valence-electron chi connectivity index (χ2n) is 7.14. The first-order valence-electron chi connectivity index (χ1n) is 9.67. The Morgan fingerprint density at radius 1 is 1.32 bits per heavy atom. The normalized spacial score (nSPS) is 18.5. The fourth-order valence-electron chi connectivity index (χ4n) is 3.53. The van der Waals surface area contributed by atoms with Crippen LogP contribution >= 0.6 is 0 Å². The Labute approximate surface area is 164 Å².